The molecule has 0 bridgehead atoms. The summed E-state index contributed by atoms with van der Waals surface area (Å²) in [5.74, 6) is 1.74. The quantitative estimate of drug-likeness (QED) is 0.246. The highest BCUT2D eigenvalue weighted by Crippen LogP contribution is 2.29. The van der Waals surface area contributed by atoms with E-state index in [4.69, 9.17) is 9.47 Å². The van der Waals surface area contributed by atoms with Crippen LogP contribution in [0.4, 0.5) is 13.2 Å². The number of halogens is 4. The summed E-state index contributed by atoms with van der Waals surface area (Å²) >= 11 is 0. The van der Waals surface area contributed by atoms with Crippen LogP contribution in [0.25, 0.3) is 0 Å². The Kier molecular flexibility index (Phi) is 9.00. The minimum atomic E-state index is -4.40. The third kappa shape index (κ3) is 6.92. The van der Waals surface area contributed by atoms with Gasteiger partial charge in [0.2, 0.25) is 5.88 Å². The van der Waals surface area contributed by atoms with Crippen LogP contribution in [-0.4, -0.2) is 44.3 Å². The van der Waals surface area contributed by atoms with Gasteiger partial charge in [0.1, 0.15) is 12.4 Å². The molecule has 0 unspecified atom stereocenters. The fourth-order valence-corrected chi connectivity index (χ4v) is 2.90. The van der Waals surface area contributed by atoms with Gasteiger partial charge in [-0.15, -0.1) is 24.0 Å². The Balaban J connectivity index is 0.00000320. The average Bonchev–Trinajstić information content (AvgIpc) is 3.17. The molecule has 2 heterocycles. The van der Waals surface area contributed by atoms with Crippen molar-refractivity contribution < 1.29 is 22.6 Å². The number of ether oxygens (including phenoxy) is 2. The van der Waals surface area contributed by atoms with Gasteiger partial charge < -0.3 is 20.1 Å². The molecule has 0 amide bonds. The maximum absolute atomic E-state index is 12.5. The van der Waals surface area contributed by atoms with Crippen molar-refractivity contribution in [1.29, 1.82) is 0 Å². The monoisotopic (exact) mass is 536 g/mol. The van der Waals surface area contributed by atoms with Crippen LogP contribution in [0, 0.1) is 0 Å². The molecule has 1 aliphatic rings. The molecule has 0 atom stereocenters. The Labute approximate surface area is 190 Å². The third-order valence-corrected chi connectivity index (χ3v) is 4.39. The molecule has 2 aromatic rings. The zero-order chi connectivity index (χ0) is 20.7. The molecule has 1 aliphatic heterocycles. The first-order valence-electron chi connectivity index (χ1n) is 9.31. The molecule has 1 aromatic carbocycles. The highest BCUT2D eigenvalue weighted by atomic mass is 127. The predicted molar refractivity (Wildman–Crippen MR) is 119 cm³/mol. The number of alkyl halides is 3. The second-order valence-electron chi connectivity index (χ2n) is 6.45. The molecular weight excluding hydrogens is 512 g/mol. The Morgan fingerprint density at radius 2 is 2.00 bits per heavy atom. The SMILES string of the molecule is CN=C(NCCOc1ccc(C(F)(F)F)cn1)NCCc1ccc2c(c1)CCO2.I. The summed E-state index contributed by atoms with van der Waals surface area (Å²) in [7, 11) is 1.67. The van der Waals surface area contributed by atoms with E-state index in [-0.39, 0.29) is 36.5 Å². The number of aliphatic imine (C=N–C) groups is 1. The van der Waals surface area contributed by atoms with Gasteiger partial charge in [0.15, 0.2) is 5.96 Å². The number of nitrogens with zero attached hydrogens (tertiary/aromatic N) is 2. The average molecular weight is 536 g/mol. The van der Waals surface area contributed by atoms with E-state index in [9.17, 15) is 13.2 Å². The molecule has 2 N–H and O–H groups in total. The number of hydrogen-bond donors (Lipinski definition) is 2. The van der Waals surface area contributed by atoms with Crippen LogP contribution in [0.5, 0.6) is 11.6 Å². The van der Waals surface area contributed by atoms with Crippen LogP contribution in [0.15, 0.2) is 41.5 Å². The van der Waals surface area contributed by atoms with Gasteiger partial charge in [-0.05, 0) is 29.7 Å². The first-order valence-corrected chi connectivity index (χ1v) is 9.31. The minimum Gasteiger partial charge on any atom is -0.493 e. The summed E-state index contributed by atoms with van der Waals surface area (Å²) in [6.45, 7) is 2.13. The molecule has 0 fully saturated rings. The fraction of sp³-hybridized carbons (Fsp3) is 0.400. The third-order valence-electron chi connectivity index (χ3n) is 4.39. The van der Waals surface area contributed by atoms with Crippen molar-refractivity contribution >= 4 is 29.9 Å². The normalized spacial score (nSPS) is 13.1. The second-order valence-corrected chi connectivity index (χ2v) is 6.45. The molecular formula is C20H24F3IN4O2. The smallest absolute Gasteiger partial charge is 0.417 e. The van der Waals surface area contributed by atoms with Gasteiger partial charge in [-0.3, -0.25) is 4.99 Å². The van der Waals surface area contributed by atoms with E-state index in [0.717, 1.165) is 37.5 Å². The van der Waals surface area contributed by atoms with Crippen LogP contribution in [0.3, 0.4) is 0 Å². The van der Waals surface area contributed by atoms with Gasteiger partial charge in [-0.2, -0.15) is 13.2 Å². The van der Waals surface area contributed by atoms with Crippen molar-refractivity contribution in [2.75, 3.05) is 33.4 Å². The molecule has 1 aromatic heterocycles. The van der Waals surface area contributed by atoms with Gasteiger partial charge in [0.25, 0.3) is 0 Å². The van der Waals surface area contributed by atoms with Crippen molar-refractivity contribution in [3.8, 4) is 11.6 Å². The Hall–Kier alpha value is -2.24. The van der Waals surface area contributed by atoms with Crippen LogP contribution in [-0.2, 0) is 19.0 Å². The number of benzene rings is 1. The van der Waals surface area contributed by atoms with Crippen molar-refractivity contribution in [3.63, 3.8) is 0 Å². The second kappa shape index (κ2) is 11.2. The summed E-state index contributed by atoms with van der Waals surface area (Å²) in [6, 6.07) is 8.40. The molecule has 6 nitrogen and oxygen atoms in total. The van der Waals surface area contributed by atoms with Gasteiger partial charge in [0.05, 0.1) is 18.7 Å². The lowest BCUT2D eigenvalue weighted by Crippen LogP contribution is -2.40. The van der Waals surface area contributed by atoms with E-state index in [0.29, 0.717) is 19.0 Å². The molecule has 164 valence electrons. The van der Waals surface area contributed by atoms with Crippen molar-refractivity contribution in [2.45, 2.75) is 19.0 Å². The fourth-order valence-electron chi connectivity index (χ4n) is 2.90. The molecule has 10 heteroatoms. The molecule has 0 radical (unpaired) electrons. The number of rotatable bonds is 7. The topological polar surface area (TPSA) is 67.8 Å². The van der Waals surface area contributed by atoms with Crippen LogP contribution in [0.1, 0.15) is 16.7 Å². The largest absolute Gasteiger partial charge is 0.493 e. The molecule has 30 heavy (non-hydrogen) atoms. The van der Waals surface area contributed by atoms with E-state index in [1.165, 1.54) is 17.2 Å². The first-order chi connectivity index (χ1) is 14.0. The van der Waals surface area contributed by atoms with Crippen LogP contribution >= 0.6 is 24.0 Å². The van der Waals surface area contributed by atoms with Gasteiger partial charge in [0, 0.05) is 32.3 Å². The van der Waals surface area contributed by atoms with Crippen molar-refractivity contribution in [2.24, 2.45) is 4.99 Å². The van der Waals surface area contributed by atoms with Gasteiger partial charge in [-0.1, -0.05) is 12.1 Å². The number of aromatic nitrogens is 1. The highest BCUT2D eigenvalue weighted by Gasteiger charge is 2.30. The molecule has 0 spiro atoms. The maximum Gasteiger partial charge on any atom is 0.417 e. The number of fused-ring (bicyclic) bond motifs is 1. The van der Waals surface area contributed by atoms with Gasteiger partial charge >= 0.3 is 6.18 Å². The van der Waals surface area contributed by atoms with E-state index >= 15 is 0 Å². The zero-order valence-electron chi connectivity index (χ0n) is 16.5. The zero-order valence-corrected chi connectivity index (χ0v) is 18.8. The van der Waals surface area contributed by atoms with E-state index in [1.54, 1.807) is 7.05 Å². The summed E-state index contributed by atoms with van der Waals surface area (Å²) in [5.41, 5.74) is 1.68. The summed E-state index contributed by atoms with van der Waals surface area (Å²) < 4.78 is 48.4. The summed E-state index contributed by atoms with van der Waals surface area (Å²) in [6.07, 6.45) is -1.85. The summed E-state index contributed by atoms with van der Waals surface area (Å²) in [5, 5.41) is 6.31. The van der Waals surface area contributed by atoms with E-state index in [1.807, 2.05) is 6.07 Å². The molecule has 0 saturated heterocycles. The number of pyridine rings is 1. The van der Waals surface area contributed by atoms with Crippen LogP contribution < -0.4 is 20.1 Å². The van der Waals surface area contributed by atoms with Crippen molar-refractivity contribution in [1.82, 2.24) is 15.6 Å². The van der Waals surface area contributed by atoms with Gasteiger partial charge in [-0.25, -0.2) is 4.98 Å². The number of hydrogen-bond acceptors (Lipinski definition) is 4. The Morgan fingerprint density at radius 3 is 2.70 bits per heavy atom. The predicted octanol–water partition coefficient (Wildman–Crippen LogP) is 3.44. The van der Waals surface area contributed by atoms with Crippen molar-refractivity contribution in [3.05, 3.63) is 53.2 Å². The lowest BCUT2D eigenvalue weighted by atomic mass is 10.1. The standard InChI is InChI=1S/C20H23F3N4O2.HI/c1-24-19(25-8-6-14-2-4-17-15(12-14)7-10-28-17)26-9-11-29-18-5-3-16(13-27-18)20(21,22)23;/h2-5,12-13H,6-11H2,1H3,(H2,24,25,26);1H. The first kappa shape index (κ1) is 24.0. The molecule has 0 saturated carbocycles. The molecule has 3 rings (SSSR count). The lowest BCUT2D eigenvalue weighted by Gasteiger charge is -2.13. The maximum atomic E-state index is 12.5. The number of nitrogens with one attached hydrogen (secondary N) is 2. The Morgan fingerprint density at radius 1 is 1.20 bits per heavy atom. The van der Waals surface area contributed by atoms with Crippen LogP contribution in [0.2, 0.25) is 0 Å². The highest BCUT2D eigenvalue weighted by molar-refractivity contribution is 14.0. The van der Waals surface area contributed by atoms with E-state index < -0.39 is 11.7 Å². The Bertz CT molecular complexity index is 845. The van der Waals surface area contributed by atoms with E-state index in [2.05, 4.69) is 32.7 Å². The molecule has 0 aliphatic carbocycles. The lowest BCUT2D eigenvalue weighted by molar-refractivity contribution is -0.137. The minimum absolute atomic E-state index is 0. The number of guanidine groups is 1. The summed E-state index contributed by atoms with van der Waals surface area (Å²) in [4.78, 5) is 7.80.